The van der Waals surface area contributed by atoms with E-state index in [1.807, 2.05) is 0 Å². The summed E-state index contributed by atoms with van der Waals surface area (Å²) < 4.78 is 37.7. The molecular formula is C15H12ClNO4Se. The van der Waals surface area contributed by atoms with Crippen molar-refractivity contribution in [2.24, 2.45) is 0 Å². The summed E-state index contributed by atoms with van der Waals surface area (Å²) >= 11 is 0.350. The predicted octanol–water partition coefficient (Wildman–Crippen LogP) is -2.07. The van der Waals surface area contributed by atoms with Crippen LogP contribution in [0.2, 0.25) is 0 Å². The first-order valence-electron chi connectivity index (χ1n) is 6.18. The van der Waals surface area contributed by atoms with Crippen molar-refractivity contribution in [3.8, 4) is 15.7 Å². The van der Waals surface area contributed by atoms with E-state index < -0.39 is 10.2 Å². The molecule has 3 aromatic rings. The van der Waals surface area contributed by atoms with Crippen molar-refractivity contribution in [2.75, 3.05) is 0 Å². The summed E-state index contributed by atoms with van der Waals surface area (Å²) in [4.78, 5) is 0. The minimum atomic E-state index is -4.94. The molecule has 5 nitrogen and oxygen atoms in total. The molecule has 0 saturated carbocycles. The number of aromatic nitrogens is 1. The molecule has 1 aromatic heterocycles. The Hall–Kier alpha value is -1.50. The summed E-state index contributed by atoms with van der Waals surface area (Å²) in [7, 11) is -4.94. The van der Waals surface area contributed by atoms with Gasteiger partial charge in [-0.05, 0) is 0 Å². The van der Waals surface area contributed by atoms with Gasteiger partial charge in [0, 0.05) is 0 Å². The van der Waals surface area contributed by atoms with E-state index in [2.05, 4.69) is 76.5 Å². The van der Waals surface area contributed by atoms with Crippen LogP contribution in [0.25, 0.3) is 15.7 Å². The van der Waals surface area contributed by atoms with Crippen LogP contribution in [-0.4, -0.2) is 14.7 Å². The van der Waals surface area contributed by atoms with Crippen molar-refractivity contribution in [2.45, 2.75) is 0 Å². The molecule has 0 aliphatic rings. The Morgan fingerprint density at radius 2 is 1.23 bits per heavy atom. The first-order valence-corrected chi connectivity index (χ1v) is 9.04. The van der Waals surface area contributed by atoms with Crippen molar-refractivity contribution in [1.29, 1.82) is 0 Å². The fourth-order valence-electron chi connectivity index (χ4n) is 1.77. The number of benzene rings is 2. The minimum absolute atomic E-state index is 0.350. The zero-order valence-corrected chi connectivity index (χ0v) is 13.8. The summed E-state index contributed by atoms with van der Waals surface area (Å²) in [5, 5.41) is 0. The number of nitrogens with zero attached hydrogens (tertiary/aromatic N) is 1. The molecule has 0 atom stereocenters. The Labute approximate surface area is 136 Å². The van der Waals surface area contributed by atoms with Crippen LogP contribution < -0.4 is 22.2 Å². The molecule has 0 aliphatic heterocycles. The Kier molecular flexibility index (Phi) is 5.88. The summed E-state index contributed by atoms with van der Waals surface area (Å²) in [6, 6.07) is 23.4. The molecule has 0 aliphatic carbocycles. The molecule has 114 valence electrons. The van der Waals surface area contributed by atoms with Gasteiger partial charge in [0.1, 0.15) is 0 Å². The van der Waals surface area contributed by atoms with Gasteiger partial charge in [-0.3, -0.25) is 0 Å². The van der Waals surface area contributed by atoms with E-state index in [9.17, 15) is 0 Å². The fraction of sp³-hybridized carbons (Fsp3) is 0. The molecule has 0 N–H and O–H groups in total. The van der Waals surface area contributed by atoms with Gasteiger partial charge in [0.2, 0.25) is 0 Å². The van der Waals surface area contributed by atoms with Crippen molar-refractivity contribution >= 4 is 14.7 Å². The molecule has 0 saturated heterocycles. The van der Waals surface area contributed by atoms with E-state index in [1.165, 1.54) is 15.7 Å². The first kappa shape index (κ1) is 16.9. The standard InChI is InChI=1S/C15H12NSe.ClHO4/c1-3-7-13(8-4-1)15-11-12-16(17-15)14-9-5-2-6-10-14;2-1(3,4)5/h1-12H;(H,2,3,4,5)/q+1;/p-1. The quantitative estimate of drug-likeness (QED) is 0.474. The van der Waals surface area contributed by atoms with Crippen molar-refractivity contribution in [1.82, 2.24) is 0 Å². The van der Waals surface area contributed by atoms with E-state index in [0.717, 1.165) is 0 Å². The summed E-state index contributed by atoms with van der Waals surface area (Å²) in [5.74, 6) is 0. The third-order valence-corrected chi connectivity index (χ3v) is 4.93. The second-order valence-corrected chi connectivity index (χ2v) is 7.06. The number of rotatable bonds is 2. The van der Waals surface area contributed by atoms with Crippen LogP contribution in [0.3, 0.4) is 0 Å². The van der Waals surface area contributed by atoms with Crippen LogP contribution in [0.15, 0.2) is 72.9 Å². The number of para-hydroxylation sites is 1. The van der Waals surface area contributed by atoms with Crippen molar-refractivity contribution < 1.29 is 32.4 Å². The maximum atomic E-state index is 8.49. The average molecular weight is 385 g/mol. The molecular weight excluding hydrogens is 373 g/mol. The van der Waals surface area contributed by atoms with Gasteiger partial charge in [-0.25, -0.2) is 18.6 Å². The van der Waals surface area contributed by atoms with Crippen molar-refractivity contribution in [3.63, 3.8) is 0 Å². The Morgan fingerprint density at radius 3 is 1.77 bits per heavy atom. The van der Waals surface area contributed by atoms with E-state index >= 15 is 0 Å². The second-order valence-electron chi connectivity index (χ2n) is 4.18. The van der Waals surface area contributed by atoms with E-state index in [4.69, 9.17) is 18.6 Å². The zero-order chi connectivity index (χ0) is 16.0. The van der Waals surface area contributed by atoms with Crippen LogP contribution in [0.4, 0.5) is 0 Å². The topological polar surface area (TPSA) is 96.1 Å². The van der Waals surface area contributed by atoms with Crippen LogP contribution in [0, 0.1) is 10.2 Å². The number of hydrogen-bond acceptors (Lipinski definition) is 4. The van der Waals surface area contributed by atoms with Crippen LogP contribution >= 0.6 is 0 Å². The van der Waals surface area contributed by atoms with Gasteiger partial charge < -0.3 is 0 Å². The van der Waals surface area contributed by atoms with Gasteiger partial charge in [-0.15, -0.1) is 10.2 Å². The Balaban J connectivity index is 0.000000309. The molecule has 1 heterocycles. The SMILES string of the molecule is [O-][Cl+3]([O-])([O-])[O-].c1ccc(-c2cc[n+](-c3ccccc3)[se]2)cc1. The fourth-order valence-corrected chi connectivity index (χ4v) is 3.71. The van der Waals surface area contributed by atoms with Crippen LogP contribution in [0.1, 0.15) is 0 Å². The Bertz CT molecular complexity index is 638. The molecule has 0 unspecified atom stereocenters. The van der Waals surface area contributed by atoms with Gasteiger partial charge in [0.15, 0.2) is 0 Å². The molecule has 7 heteroatoms. The molecule has 0 bridgehead atoms. The van der Waals surface area contributed by atoms with Gasteiger partial charge in [-0.2, -0.15) is 0 Å². The normalized spacial score (nSPS) is 10.7. The second kappa shape index (κ2) is 7.67. The van der Waals surface area contributed by atoms with E-state index in [1.54, 1.807) is 0 Å². The molecule has 22 heavy (non-hydrogen) atoms. The van der Waals surface area contributed by atoms with Gasteiger partial charge in [0.25, 0.3) is 0 Å². The van der Waals surface area contributed by atoms with Crippen LogP contribution in [-0.2, 0) is 0 Å². The molecule has 0 radical (unpaired) electrons. The zero-order valence-electron chi connectivity index (χ0n) is 11.3. The monoisotopic (exact) mass is 385 g/mol. The molecule has 0 fully saturated rings. The summed E-state index contributed by atoms with van der Waals surface area (Å²) in [5.41, 5.74) is 2.61. The first-order chi connectivity index (χ1) is 10.4. The molecule has 0 amide bonds. The van der Waals surface area contributed by atoms with Gasteiger partial charge in [-0.1, -0.05) is 0 Å². The average Bonchev–Trinajstić information content (AvgIpc) is 2.97. The summed E-state index contributed by atoms with van der Waals surface area (Å²) in [6.07, 6.45) is 2.18. The van der Waals surface area contributed by atoms with Crippen molar-refractivity contribution in [3.05, 3.63) is 72.9 Å². The predicted molar refractivity (Wildman–Crippen MR) is 70.4 cm³/mol. The molecule has 0 spiro atoms. The van der Waals surface area contributed by atoms with E-state index in [-0.39, 0.29) is 0 Å². The third-order valence-electron chi connectivity index (χ3n) is 2.63. The third kappa shape index (κ3) is 5.71. The Morgan fingerprint density at radius 1 is 0.727 bits per heavy atom. The van der Waals surface area contributed by atoms with E-state index in [0.29, 0.717) is 14.7 Å². The van der Waals surface area contributed by atoms with Gasteiger partial charge >= 0.3 is 107 Å². The number of halogens is 1. The maximum absolute atomic E-state index is 8.49. The molecule has 2 aromatic carbocycles. The van der Waals surface area contributed by atoms with Gasteiger partial charge in [0.05, 0.1) is 0 Å². The molecule has 3 rings (SSSR count). The van der Waals surface area contributed by atoms with Crippen LogP contribution in [0.5, 0.6) is 0 Å². The number of hydrogen-bond donors (Lipinski definition) is 0. The summed E-state index contributed by atoms with van der Waals surface area (Å²) in [6.45, 7) is 0.